The normalized spacial score (nSPS) is 16.0. The van der Waals surface area contributed by atoms with Crippen molar-refractivity contribution in [3.8, 4) is 11.5 Å². The van der Waals surface area contributed by atoms with Gasteiger partial charge in [0.15, 0.2) is 5.82 Å². The van der Waals surface area contributed by atoms with E-state index in [4.69, 9.17) is 21.0 Å². The summed E-state index contributed by atoms with van der Waals surface area (Å²) in [7, 11) is 3.42. The lowest BCUT2D eigenvalue weighted by atomic mass is 9.62. The second-order valence-electron chi connectivity index (χ2n) is 9.42. The molecule has 188 valence electrons. The molecular formula is C26H32N8O2. The van der Waals surface area contributed by atoms with Crippen LogP contribution in [0.5, 0.6) is 0 Å². The average molecular weight is 489 g/mol. The number of hydrogen-bond acceptors (Lipinski definition) is 8. The highest BCUT2D eigenvalue weighted by atomic mass is 16.5. The maximum atomic E-state index is 12.0. The molecule has 1 aliphatic rings. The van der Waals surface area contributed by atoms with Crippen molar-refractivity contribution in [2.24, 2.45) is 22.4 Å². The van der Waals surface area contributed by atoms with Crippen molar-refractivity contribution in [2.75, 3.05) is 14.1 Å². The van der Waals surface area contributed by atoms with Gasteiger partial charge in [0.25, 0.3) is 5.89 Å². The SMILES string of the molecule is C=C(N)/N=C\C(=C/N)c1ccc([C@](C)(c2noc(-c3cnn(CC(=O)N(C)C)c3)n2)C2CCC2)cc1. The summed E-state index contributed by atoms with van der Waals surface area (Å²) < 4.78 is 7.23. The fourth-order valence-corrected chi connectivity index (χ4v) is 4.30. The van der Waals surface area contributed by atoms with E-state index in [9.17, 15) is 4.79 Å². The van der Waals surface area contributed by atoms with E-state index in [1.54, 1.807) is 37.4 Å². The van der Waals surface area contributed by atoms with Gasteiger partial charge < -0.3 is 20.9 Å². The van der Waals surface area contributed by atoms with Gasteiger partial charge in [0.05, 0.1) is 17.2 Å². The van der Waals surface area contributed by atoms with Crippen LogP contribution in [0.2, 0.25) is 0 Å². The molecule has 4 N–H and O–H groups in total. The lowest BCUT2D eigenvalue weighted by molar-refractivity contribution is -0.129. The summed E-state index contributed by atoms with van der Waals surface area (Å²) >= 11 is 0. The summed E-state index contributed by atoms with van der Waals surface area (Å²) in [5, 5.41) is 8.66. The number of nitrogens with zero attached hydrogens (tertiary/aromatic N) is 6. The van der Waals surface area contributed by atoms with Crippen molar-refractivity contribution < 1.29 is 9.32 Å². The number of nitrogens with two attached hydrogens (primary N) is 2. The Balaban J connectivity index is 1.62. The Kier molecular flexibility index (Phi) is 7.05. The fraction of sp³-hybridized carbons (Fsp3) is 0.346. The Hall–Kier alpha value is -4.21. The fourth-order valence-electron chi connectivity index (χ4n) is 4.30. The van der Waals surface area contributed by atoms with Gasteiger partial charge in [-0.2, -0.15) is 10.1 Å². The van der Waals surface area contributed by atoms with Gasteiger partial charge in [-0.1, -0.05) is 42.4 Å². The lowest BCUT2D eigenvalue weighted by Crippen LogP contribution is -2.38. The van der Waals surface area contributed by atoms with Gasteiger partial charge in [0, 0.05) is 38.3 Å². The second kappa shape index (κ2) is 10.2. The maximum absolute atomic E-state index is 12.0. The molecule has 3 aromatic rings. The first-order valence-corrected chi connectivity index (χ1v) is 11.8. The predicted octanol–water partition coefficient (Wildman–Crippen LogP) is 2.93. The van der Waals surface area contributed by atoms with Crippen LogP contribution in [-0.2, 0) is 16.8 Å². The van der Waals surface area contributed by atoms with E-state index < -0.39 is 5.41 Å². The summed E-state index contributed by atoms with van der Waals surface area (Å²) in [6, 6.07) is 8.15. The average Bonchev–Trinajstić information content (AvgIpc) is 3.48. The van der Waals surface area contributed by atoms with Crippen LogP contribution >= 0.6 is 0 Å². The van der Waals surface area contributed by atoms with Crippen molar-refractivity contribution in [2.45, 2.75) is 38.1 Å². The van der Waals surface area contributed by atoms with Crippen LogP contribution in [0, 0.1) is 5.92 Å². The molecule has 1 aliphatic carbocycles. The molecule has 0 radical (unpaired) electrons. The van der Waals surface area contributed by atoms with Gasteiger partial charge in [-0.25, -0.2) is 4.99 Å². The van der Waals surface area contributed by atoms with Crippen molar-refractivity contribution in [3.05, 3.63) is 72.2 Å². The summed E-state index contributed by atoms with van der Waals surface area (Å²) in [5.41, 5.74) is 14.3. The monoisotopic (exact) mass is 488 g/mol. The van der Waals surface area contributed by atoms with Crippen LogP contribution in [0.1, 0.15) is 43.1 Å². The molecule has 0 spiro atoms. The molecule has 1 atom stereocenters. The van der Waals surface area contributed by atoms with Crippen LogP contribution in [0.4, 0.5) is 0 Å². The second-order valence-corrected chi connectivity index (χ2v) is 9.42. The predicted molar refractivity (Wildman–Crippen MR) is 138 cm³/mol. The third kappa shape index (κ3) is 4.93. The minimum Gasteiger partial charge on any atom is -0.404 e. The van der Waals surface area contributed by atoms with E-state index in [1.807, 2.05) is 12.1 Å². The number of aromatic nitrogens is 4. The third-order valence-corrected chi connectivity index (χ3v) is 6.86. The van der Waals surface area contributed by atoms with Crippen molar-refractivity contribution in [3.63, 3.8) is 0 Å². The quantitative estimate of drug-likeness (QED) is 0.441. The first-order valence-electron chi connectivity index (χ1n) is 11.8. The van der Waals surface area contributed by atoms with E-state index >= 15 is 0 Å². The molecule has 10 nitrogen and oxygen atoms in total. The number of allylic oxidation sites excluding steroid dienone is 1. The molecule has 1 saturated carbocycles. The van der Waals surface area contributed by atoms with Gasteiger partial charge in [-0.15, -0.1) is 0 Å². The highest BCUT2D eigenvalue weighted by Gasteiger charge is 2.44. The van der Waals surface area contributed by atoms with Gasteiger partial charge in [-0.3, -0.25) is 9.48 Å². The number of amides is 1. The first kappa shape index (κ1) is 24.9. The number of carbonyl (C=O) groups is 1. The Morgan fingerprint density at radius 2 is 2.06 bits per heavy atom. The Labute approximate surface area is 210 Å². The summed E-state index contributed by atoms with van der Waals surface area (Å²) in [6.45, 7) is 5.89. The van der Waals surface area contributed by atoms with E-state index in [0.29, 0.717) is 23.2 Å². The summed E-state index contributed by atoms with van der Waals surface area (Å²) in [5.74, 6) is 1.56. The van der Waals surface area contributed by atoms with Crippen molar-refractivity contribution >= 4 is 17.7 Å². The van der Waals surface area contributed by atoms with Gasteiger partial charge in [0.1, 0.15) is 12.4 Å². The van der Waals surface area contributed by atoms with E-state index in [0.717, 1.165) is 29.5 Å². The van der Waals surface area contributed by atoms with Crippen LogP contribution in [0.25, 0.3) is 17.0 Å². The molecule has 0 bridgehead atoms. The zero-order valence-corrected chi connectivity index (χ0v) is 20.9. The molecule has 0 unspecified atom stereocenters. The highest BCUT2D eigenvalue weighted by Crippen LogP contribution is 2.47. The highest BCUT2D eigenvalue weighted by molar-refractivity contribution is 6.09. The number of benzene rings is 1. The Bertz CT molecular complexity index is 1300. The van der Waals surface area contributed by atoms with Crippen molar-refractivity contribution in [1.29, 1.82) is 0 Å². The van der Waals surface area contributed by atoms with Crippen LogP contribution in [-0.4, -0.2) is 51.0 Å². The van der Waals surface area contributed by atoms with Crippen LogP contribution in [0.3, 0.4) is 0 Å². The number of hydrogen-bond donors (Lipinski definition) is 2. The van der Waals surface area contributed by atoms with Crippen LogP contribution < -0.4 is 11.5 Å². The standard InChI is InChI=1S/C26H32N8O2/c1-17(28)29-13-19(12-27)18-8-10-22(11-9-18)26(2,21-6-5-7-21)25-31-24(36-32-25)20-14-30-34(15-20)16-23(35)33(3)4/h8-15,21H,1,5-7,16,27-28H2,2-4H3/b19-12+,29-13-/t26-/m1/s1. The summed E-state index contributed by atoms with van der Waals surface area (Å²) in [6.07, 6.45) is 9.82. The molecule has 1 aromatic carbocycles. The molecule has 36 heavy (non-hydrogen) atoms. The largest absolute Gasteiger partial charge is 0.404 e. The first-order chi connectivity index (χ1) is 17.2. The maximum Gasteiger partial charge on any atom is 0.261 e. The zero-order valence-electron chi connectivity index (χ0n) is 20.9. The minimum absolute atomic E-state index is 0.0521. The molecule has 4 rings (SSSR count). The van der Waals surface area contributed by atoms with E-state index in [-0.39, 0.29) is 18.3 Å². The van der Waals surface area contributed by atoms with Crippen LogP contribution in [0.15, 0.2) is 64.8 Å². The number of aliphatic imine (C=N–C) groups is 1. The molecule has 0 aliphatic heterocycles. The Morgan fingerprint density at radius 3 is 2.64 bits per heavy atom. The summed E-state index contributed by atoms with van der Waals surface area (Å²) in [4.78, 5) is 22.4. The van der Waals surface area contributed by atoms with Gasteiger partial charge in [-0.05, 0) is 36.8 Å². The smallest absolute Gasteiger partial charge is 0.261 e. The minimum atomic E-state index is -0.429. The van der Waals surface area contributed by atoms with Gasteiger partial charge >= 0.3 is 0 Å². The topological polar surface area (TPSA) is 141 Å². The number of carbonyl (C=O) groups excluding carboxylic acids is 1. The third-order valence-electron chi connectivity index (χ3n) is 6.86. The molecule has 2 aromatic heterocycles. The molecular weight excluding hydrogens is 456 g/mol. The number of rotatable bonds is 9. The molecule has 0 saturated heterocycles. The van der Waals surface area contributed by atoms with E-state index in [1.165, 1.54) is 17.5 Å². The van der Waals surface area contributed by atoms with Crippen molar-refractivity contribution in [1.82, 2.24) is 24.8 Å². The molecule has 1 fully saturated rings. The molecule has 1 amide bonds. The lowest BCUT2D eigenvalue weighted by Gasteiger charge is -2.41. The van der Waals surface area contributed by atoms with Gasteiger partial charge in [0.2, 0.25) is 5.91 Å². The zero-order chi connectivity index (χ0) is 25.9. The molecule has 10 heteroatoms. The van der Waals surface area contributed by atoms with E-state index in [2.05, 4.69) is 40.9 Å². The Morgan fingerprint density at radius 1 is 1.33 bits per heavy atom. The number of likely N-dealkylation sites (N-methyl/N-ethyl adjacent to an activating group) is 1. The molecule has 2 heterocycles.